The van der Waals surface area contributed by atoms with E-state index in [9.17, 15) is 4.39 Å². The molecule has 1 aliphatic heterocycles. The number of halogens is 1. The van der Waals surface area contributed by atoms with E-state index in [-0.39, 0.29) is 0 Å². The fourth-order valence-corrected chi connectivity index (χ4v) is 3.34. The number of hydrogen-bond donors (Lipinski definition) is 1. The average Bonchev–Trinajstić information content (AvgIpc) is 3.03. The summed E-state index contributed by atoms with van der Waals surface area (Å²) < 4.78 is 15.9. The average molecular weight is 350 g/mol. The second kappa shape index (κ2) is 6.73. The fraction of sp³-hybridized carbons (Fsp3) is 0.316. The number of anilines is 1. The van der Waals surface area contributed by atoms with Crippen LogP contribution in [0.5, 0.6) is 0 Å². The maximum Gasteiger partial charge on any atom is 0.206 e. The van der Waals surface area contributed by atoms with Crippen LogP contribution in [0.4, 0.5) is 10.3 Å². The van der Waals surface area contributed by atoms with E-state index in [0.29, 0.717) is 31.6 Å². The summed E-state index contributed by atoms with van der Waals surface area (Å²) in [6.07, 6.45) is 1.00. The van der Waals surface area contributed by atoms with Gasteiger partial charge in [0.2, 0.25) is 5.95 Å². The molecule has 2 atom stereocenters. The van der Waals surface area contributed by atoms with Gasteiger partial charge >= 0.3 is 0 Å². The normalized spacial score (nSPS) is 20.3. The third-order valence-corrected chi connectivity index (χ3v) is 4.76. The zero-order valence-electron chi connectivity index (χ0n) is 14.2. The maximum atomic E-state index is 13.8. The first-order valence-corrected chi connectivity index (χ1v) is 8.60. The number of rotatable bonds is 3. The molecule has 0 amide bonds. The van der Waals surface area contributed by atoms with E-state index in [0.717, 1.165) is 22.7 Å². The third-order valence-electron chi connectivity index (χ3n) is 4.76. The van der Waals surface area contributed by atoms with E-state index < -0.39 is 12.2 Å². The molecule has 26 heavy (non-hydrogen) atoms. The fourth-order valence-electron chi connectivity index (χ4n) is 3.34. The SMILES string of the molecule is N#Cc1ccc(Cn2c(N3CC[C@H](F)[C@@H](N)C3)nc3ccccc32)nc1. The number of nitriles is 1. The highest BCUT2D eigenvalue weighted by Gasteiger charge is 2.29. The van der Waals surface area contributed by atoms with Gasteiger partial charge in [-0.05, 0) is 30.7 Å². The lowest BCUT2D eigenvalue weighted by Crippen LogP contribution is -2.50. The molecule has 3 aromatic rings. The van der Waals surface area contributed by atoms with Crippen molar-refractivity contribution < 1.29 is 4.39 Å². The predicted octanol–water partition coefficient (Wildman–Crippen LogP) is 2.23. The topological polar surface area (TPSA) is 83.8 Å². The molecule has 0 saturated carbocycles. The molecule has 0 bridgehead atoms. The number of para-hydroxylation sites is 2. The number of nitrogens with two attached hydrogens (primary N) is 1. The van der Waals surface area contributed by atoms with Crippen LogP contribution in [-0.2, 0) is 6.54 Å². The van der Waals surface area contributed by atoms with Crippen molar-refractivity contribution in [3.8, 4) is 6.07 Å². The van der Waals surface area contributed by atoms with Crippen LogP contribution < -0.4 is 10.6 Å². The van der Waals surface area contributed by atoms with Crippen molar-refractivity contribution in [2.45, 2.75) is 25.2 Å². The number of fused-ring (bicyclic) bond motifs is 1. The summed E-state index contributed by atoms with van der Waals surface area (Å²) >= 11 is 0. The highest BCUT2D eigenvalue weighted by atomic mass is 19.1. The van der Waals surface area contributed by atoms with Crippen LogP contribution in [0.2, 0.25) is 0 Å². The van der Waals surface area contributed by atoms with Crippen molar-refractivity contribution in [1.82, 2.24) is 14.5 Å². The molecule has 4 rings (SSSR count). The van der Waals surface area contributed by atoms with Crippen molar-refractivity contribution in [1.29, 1.82) is 5.26 Å². The van der Waals surface area contributed by atoms with E-state index in [1.54, 1.807) is 12.3 Å². The molecule has 0 unspecified atom stereocenters. The quantitative estimate of drug-likeness (QED) is 0.783. The predicted molar refractivity (Wildman–Crippen MR) is 97.5 cm³/mol. The molecule has 2 aromatic heterocycles. The minimum Gasteiger partial charge on any atom is -0.340 e. The molecule has 1 aliphatic rings. The van der Waals surface area contributed by atoms with Crippen molar-refractivity contribution in [3.63, 3.8) is 0 Å². The van der Waals surface area contributed by atoms with Gasteiger partial charge in [-0.25, -0.2) is 9.37 Å². The van der Waals surface area contributed by atoms with Gasteiger partial charge in [-0.15, -0.1) is 0 Å². The lowest BCUT2D eigenvalue weighted by atomic mass is 10.1. The first-order valence-electron chi connectivity index (χ1n) is 8.60. The standard InChI is InChI=1S/C19H19FN6/c20-15-7-8-25(12-16(15)22)19-24-17-3-1-2-4-18(17)26(19)11-14-6-5-13(9-21)10-23-14/h1-6,10,15-16H,7-8,11-12,22H2/t15-,16-/m0/s1. The van der Waals surface area contributed by atoms with Crippen molar-refractivity contribution in [2.24, 2.45) is 5.73 Å². The number of imidazole rings is 1. The van der Waals surface area contributed by atoms with Gasteiger partial charge < -0.3 is 15.2 Å². The zero-order valence-corrected chi connectivity index (χ0v) is 14.2. The Balaban J connectivity index is 1.73. The number of hydrogen-bond acceptors (Lipinski definition) is 5. The summed E-state index contributed by atoms with van der Waals surface area (Å²) in [7, 11) is 0. The van der Waals surface area contributed by atoms with Crippen molar-refractivity contribution >= 4 is 17.0 Å². The maximum absolute atomic E-state index is 13.8. The van der Waals surface area contributed by atoms with E-state index in [2.05, 4.69) is 15.6 Å². The van der Waals surface area contributed by atoms with Gasteiger partial charge in [0.05, 0.1) is 34.9 Å². The highest BCUT2D eigenvalue weighted by molar-refractivity contribution is 5.79. The van der Waals surface area contributed by atoms with Crippen LogP contribution in [0.25, 0.3) is 11.0 Å². The Bertz CT molecular complexity index is 958. The Morgan fingerprint density at radius 3 is 2.85 bits per heavy atom. The molecule has 6 nitrogen and oxygen atoms in total. The van der Waals surface area contributed by atoms with Crippen LogP contribution in [0, 0.1) is 11.3 Å². The molecule has 3 heterocycles. The smallest absolute Gasteiger partial charge is 0.206 e. The number of nitrogens with zero attached hydrogens (tertiary/aromatic N) is 5. The lowest BCUT2D eigenvalue weighted by Gasteiger charge is -2.34. The lowest BCUT2D eigenvalue weighted by molar-refractivity contribution is 0.243. The first-order chi connectivity index (χ1) is 12.7. The summed E-state index contributed by atoms with van der Waals surface area (Å²) in [4.78, 5) is 11.2. The van der Waals surface area contributed by atoms with Gasteiger partial charge in [0, 0.05) is 19.3 Å². The Morgan fingerprint density at radius 1 is 1.27 bits per heavy atom. The number of pyridine rings is 1. The van der Waals surface area contributed by atoms with Gasteiger partial charge in [0.1, 0.15) is 12.2 Å². The molecule has 2 N–H and O–H groups in total. The van der Waals surface area contributed by atoms with Crippen LogP contribution in [0.3, 0.4) is 0 Å². The second-order valence-corrected chi connectivity index (χ2v) is 6.55. The van der Waals surface area contributed by atoms with Crippen LogP contribution in [-0.4, -0.2) is 39.8 Å². The summed E-state index contributed by atoms with van der Waals surface area (Å²) in [5.74, 6) is 0.778. The van der Waals surface area contributed by atoms with Gasteiger partial charge in [-0.2, -0.15) is 5.26 Å². The zero-order chi connectivity index (χ0) is 18.1. The minimum absolute atomic E-state index is 0.402. The molecule has 1 fully saturated rings. The molecule has 7 heteroatoms. The van der Waals surface area contributed by atoms with Crippen LogP contribution >= 0.6 is 0 Å². The summed E-state index contributed by atoms with van der Waals surface area (Å²) in [5.41, 5.74) is 9.17. The van der Waals surface area contributed by atoms with Crippen molar-refractivity contribution in [3.05, 3.63) is 53.9 Å². The Labute approximate surface area is 150 Å². The van der Waals surface area contributed by atoms with Crippen LogP contribution in [0.1, 0.15) is 17.7 Å². The Morgan fingerprint density at radius 2 is 2.12 bits per heavy atom. The van der Waals surface area contributed by atoms with Crippen LogP contribution in [0.15, 0.2) is 42.6 Å². The molecule has 1 saturated heterocycles. The monoisotopic (exact) mass is 350 g/mol. The molecular formula is C19H19FN6. The van der Waals surface area contributed by atoms with E-state index in [1.807, 2.05) is 35.2 Å². The minimum atomic E-state index is -0.968. The molecule has 132 valence electrons. The van der Waals surface area contributed by atoms with Gasteiger partial charge in [-0.1, -0.05) is 12.1 Å². The third kappa shape index (κ3) is 3.00. The van der Waals surface area contributed by atoms with E-state index in [1.165, 1.54) is 0 Å². The largest absolute Gasteiger partial charge is 0.340 e. The molecular weight excluding hydrogens is 331 g/mol. The highest BCUT2D eigenvalue weighted by Crippen LogP contribution is 2.26. The molecule has 0 aliphatic carbocycles. The second-order valence-electron chi connectivity index (χ2n) is 6.55. The van der Waals surface area contributed by atoms with Gasteiger partial charge in [-0.3, -0.25) is 4.98 Å². The summed E-state index contributed by atoms with van der Waals surface area (Å²) in [6.45, 7) is 1.54. The van der Waals surface area contributed by atoms with Gasteiger partial charge in [0.15, 0.2) is 0 Å². The Kier molecular flexibility index (Phi) is 4.27. The molecule has 1 aromatic carbocycles. The molecule has 0 radical (unpaired) electrons. The number of benzene rings is 1. The summed E-state index contributed by atoms with van der Waals surface area (Å²) in [5, 5.41) is 8.93. The van der Waals surface area contributed by atoms with E-state index in [4.69, 9.17) is 16.0 Å². The number of piperidine rings is 1. The molecule has 0 spiro atoms. The van der Waals surface area contributed by atoms with Gasteiger partial charge in [0.25, 0.3) is 0 Å². The first kappa shape index (κ1) is 16.5. The summed E-state index contributed by atoms with van der Waals surface area (Å²) in [6, 6.07) is 13.1. The van der Waals surface area contributed by atoms with E-state index >= 15 is 0 Å². The number of alkyl halides is 1. The van der Waals surface area contributed by atoms with Crippen molar-refractivity contribution in [2.75, 3.05) is 18.0 Å². The number of aromatic nitrogens is 3. The Hall–Kier alpha value is -2.98.